The first kappa shape index (κ1) is 17.7. The first-order valence-corrected chi connectivity index (χ1v) is 8.09. The van der Waals surface area contributed by atoms with E-state index in [1.165, 1.54) is 10.9 Å². The van der Waals surface area contributed by atoms with Crippen LogP contribution in [0.3, 0.4) is 0 Å². The Kier molecular flexibility index (Phi) is 5.63. The van der Waals surface area contributed by atoms with E-state index < -0.39 is 5.54 Å². The molecule has 0 fully saturated rings. The van der Waals surface area contributed by atoms with Crippen LogP contribution in [0.25, 0.3) is 0 Å². The van der Waals surface area contributed by atoms with Crippen LogP contribution in [0.5, 0.6) is 5.75 Å². The van der Waals surface area contributed by atoms with Gasteiger partial charge in [0.1, 0.15) is 6.10 Å². The lowest BCUT2D eigenvalue weighted by molar-refractivity contribution is 0.245. The molecule has 23 heavy (non-hydrogen) atoms. The molecule has 0 aliphatic heterocycles. The highest BCUT2D eigenvalue weighted by Crippen LogP contribution is 2.25. The molecule has 0 radical (unpaired) electrons. The molecule has 1 aromatic rings. The summed E-state index contributed by atoms with van der Waals surface area (Å²) in [7, 11) is 0. The van der Waals surface area contributed by atoms with Crippen molar-refractivity contribution in [3.05, 3.63) is 45.4 Å². The molecule has 1 atom stereocenters. The average molecular weight is 341 g/mol. The summed E-state index contributed by atoms with van der Waals surface area (Å²) in [6.45, 7) is 5.33. The minimum absolute atomic E-state index is 0.0375. The Labute approximate surface area is 140 Å². The zero-order valence-electron chi connectivity index (χ0n) is 13.7. The zero-order valence-corrected chi connectivity index (χ0v) is 14.4. The second-order valence-electron chi connectivity index (χ2n) is 6.53. The highest BCUT2D eigenvalue weighted by molar-refractivity contribution is 6.31. The Hall–Kier alpha value is -1.62. The number of hydrogen-bond acceptors (Lipinski definition) is 3. The second-order valence-corrected chi connectivity index (χ2v) is 6.91. The normalized spacial score (nSPS) is 18.0. The molecule has 1 aromatic heterocycles. The Morgan fingerprint density at radius 1 is 1.48 bits per heavy atom. The number of allylic oxidation sites excluding steroid dienone is 2. The summed E-state index contributed by atoms with van der Waals surface area (Å²) in [6, 6.07) is 0. The Morgan fingerprint density at radius 3 is 2.78 bits per heavy atom. The molecule has 126 valence electrons. The van der Waals surface area contributed by atoms with Crippen molar-refractivity contribution in [2.45, 2.75) is 51.7 Å². The summed E-state index contributed by atoms with van der Waals surface area (Å²) < 4.78 is 19.3. The van der Waals surface area contributed by atoms with E-state index in [0.29, 0.717) is 12.8 Å². The minimum atomic E-state index is -0.446. The molecule has 1 aliphatic carbocycles. The van der Waals surface area contributed by atoms with Crippen LogP contribution in [-0.2, 0) is 5.54 Å². The number of hydrogen-bond donors (Lipinski definition) is 0. The van der Waals surface area contributed by atoms with E-state index in [1.807, 2.05) is 39.0 Å². The largest absolute Gasteiger partial charge is 0.483 e. The highest BCUT2D eigenvalue weighted by atomic mass is 35.5. The highest BCUT2D eigenvalue weighted by Gasteiger charge is 2.21. The van der Waals surface area contributed by atoms with Gasteiger partial charge in [0.2, 0.25) is 0 Å². The van der Waals surface area contributed by atoms with Crippen molar-refractivity contribution in [3.8, 4) is 5.75 Å². The van der Waals surface area contributed by atoms with E-state index in [9.17, 15) is 9.18 Å². The van der Waals surface area contributed by atoms with E-state index in [2.05, 4.69) is 5.10 Å². The van der Waals surface area contributed by atoms with E-state index >= 15 is 0 Å². The average Bonchev–Trinajstić information content (AvgIpc) is 2.50. The number of halogens is 2. The van der Waals surface area contributed by atoms with Crippen LogP contribution in [0.2, 0.25) is 5.02 Å². The summed E-state index contributed by atoms with van der Waals surface area (Å²) >= 11 is 6.14. The summed E-state index contributed by atoms with van der Waals surface area (Å²) in [4.78, 5) is 12.3. The van der Waals surface area contributed by atoms with Gasteiger partial charge in [0.05, 0.1) is 18.4 Å². The van der Waals surface area contributed by atoms with Crippen LogP contribution in [0.1, 0.15) is 40.0 Å². The van der Waals surface area contributed by atoms with Crippen LogP contribution in [0, 0.1) is 0 Å². The maximum Gasteiger partial charge on any atom is 0.289 e. The maximum atomic E-state index is 12.3. The molecule has 4 nitrogen and oxygen atoms in total. The molecule has 0 N–H and O–H groups in total. The number of nitrogens with zero attached hydrogens (tertiary/aromatic N) is 2. The molecule has 0 saturated carbocycles. The molecule has 0 spiro atoms. The van der Waals surface area contributed by atoms with Crippen LogP contribution >= 0.6 is 11.6 Å². The predicted octanol–water partition coefficient (Wildman–Crippen LogP) is 4.04. The molecular formula is C17H22ClFN2O2. The fraction of sp³-hybridized carbons (Fsp3) is 0.529. The molecule has 1 heterocycles. The van der Waals surface area contributed by atoms with Crippen molar-refractivity contribution < 1.29 is 9.13 Å². The number of rotatable bonds is 5. The molecule has 0 aromatic carbocycles. The third-order valence-corrected chi connectivity index (χ3v) is 3.88. The number of ether oxygens (including phenoxy) is 1. The zero-order chi connectivity index (χ0) is 17.0. The van der Waals surface area contributed by atoms with Gasteiger partial charge in [-0.25, -0.2) is 4.68 Å². The van der Waals surface area contributed by atoms with Crippen LogP contribution in [0.15, 0.2) is 34.8 Å². The quantitative estimate of drug-likeness (QED) is 0.812. The summed E-state index contributed by atoms with van der Waals surface area (Å²) in [6.07, 6.45) is 9.06. The molecule has 6 heteroatoms. The summed E-state index contributed by atoms with van der Waals surface area (Å²) in [5.74, 6) is 0.285. The first-order valence-electron chi connectivity index (χ1n) is 7.71. The van der Waals surface area contributed by atoms with Crippen molar-refractivity contribution in [2.75, 3.05) is 6.67 Å². The number of aromatic nitrogens is 2. The van der Waals surface area contributed by atoms with Crippen molar-refractivity contribution in [1.29, 1.82) is 0 Å². The van der Waals surface area contributed by atoms with Gasteiger partial charge in [0.25, 0.3) is 5.56 Å². The topological polar surface area (TPSA) is 44.1 Å². The predicted molar refractivity (Wildman–Crippen MR) is 90.0 cm³/mol. The Morgan fingerprint density at radius 2 is 2.22 bits per heavy atom. The van der Waals surface area contributed by atoms with Crippen molar-refractivity contribution >= 4 is 11.6 Å². The first-order chi connectivity index (χ1) is 10.8. The maximum absolute atomic E-state index is 12.3. The third kappa shape index (κ3) is 4.44. The van der Waals surface area contributed by atoms with Crippen LogP contribution in [0.4, 0.5) is 4.39 Å². The Balaban J connectivity index is 2.08. The summed E-state index contributed by atoms with van der Waals surface area (Å²) in [5, 5.41) is 4.18. The fourth-order valence-electron chi connectivity index (χ4n) is 2.33. The molecule has 0 saturated heterocycles. The van der Waals surface area contributed by atoms with E-state index in [0.717, 1.165) is 12.0 Å². The van der Waals surface area contributed by atoms with E-state index in [1.54, 1.807) is 0 Å². The van der Waals surface area contributed by atoms with Gasteiger partial charge in [-0.05, 0) is 39.7 Å². The van der Waals surface area contributed by atoms with Gasteiger partial charge in [-0.15, -0.1) is 0 Å². The van der Waals surface area contributed by atoms with Gasteiger partial charge in [-0.2, -0.15) is 5.10 Å². The van der Waals surface area contributed by atoms with Gasteiger partial charge in [-0.3, -0.25) is 9.18 Å². The van der Waals surface area contributed by atoms with Crippen molar-refractivity contribution in [3.63, 3.8) is 0 Å². The van der Waals surface area contributed by atoms with Gasteiger partial charge in [0, 0.05) is 6.42 Å². The standard InChI is InChI=1S/C17H22ClFN2O2/c1-17(2,3)21-16(22)15(18)14(11-20-21)23-13-8-6-12(7-9-13)5-4-10-19/h6-8,11,13H,4-5,9-10H2,1-3H3. The molecule has 1 aliphatic rings. The van der Waals surface area contributed by atoms with Crippen molar-refractivity contribution in [1.82, 2.24) is 9.78 Å². The van der Waals surface area contributed by atoms with Gasteiger partial charge < -0.3 is 4.74 Å². The molecule has 0 bridgehead atoms. The lowest BCUT2D eigenvalue weighted by Gasteiger charge is -2.22. The van der Waals surface area contributed by atoms with Gasteiger partial charge >= 0.3 is 0 Å². The third-order valence-electron chi connectivity index (χ3n) is 3.54. The van der Waals surface area contributed by atoms with Gasteiger partial charge in [-0.1, -0.05) is 29.3 Å². The fourth-order valence-corrected chi connectivity index (χ4v) is 2.50. The van der Waals surface area contributed by atoms with E-state index in [-0.39, 0.29) is 29.1 Å². The lowest BCUT2D eigenvalue weighted by atomic mass is 10.0. The molecule has 2 rings (SSSR count). The molecule has 1 unspecified atom stereocenters. The summed E-state index contributed by atoms with van der Waals surface area (Å²) in [5.41, 5.74) is 0.295. The smallest absolute Gasteiger partial charge is 0.289 e. The van der Waals surface area contributed by atoms with Crippen LogP contribution in [-0.4, -0.2) is 22.6 Å². The monoisotopic (exact) mass is 340 g/mol. The number of alkyl halides is 1. The van der Waals surface area contributed by atoms with Crippen LogP contribution < -0.4 is 10.3 Å². The van der Waals surface area contributed by atoms with Gasteiger partial charge in [0.15, 0.2) is 10.8 Å². The van der Waals surface area contributed by atoms with Crippen molar-refractivity contribution in [2.24, 2.45) is 0 Å². The van der Waals surface area contributed by atoms with E-state index in [4.69, 9.17) is 16.3 Å². The molecule has 0 amide bonds. The Bertz CT molecular complexity index is 674. The molecular weight excluding hydrogens is 319 g/mol. The lowest BCUT2D eigenvalue weighted by Crippen LogP contribution is -2.36. The SMILES string of the molecule is CC(C)(C)n1ncc(OC2C=CC(CCCF)=CC2)c(Cl)c1=O. The second kappa shape index (κ2) is 7.30. The minimum Gasteiger partial charge on any atom is -0.483 e.